The van der Waals surface area contributed by atoms with Crippen molar-refractivity contribution >= 4 is 5.78 Å². The quantitative estimate of drug-likeness (QED) is 0.207. The van der Waals surface area contributed by atoms with Gasteiger partial charge in [-0.1, -0.05) is 50.2 Å². The number of Topliss-reactive ketones (excluding diaryl/α,β-unsaturated/α-hetero) is 1. The molecule has 0 saturated heterocycles. The summed E-state index contributed by atoms with van der Waals surface area (Å²) >= 11 is 0. The monoisotopic (exact) mass is 518 g/mol. The molecule has 0 aliphatic carbocycles. The molecule has 4 unspecified atom stereocenters. The Morgan fingerprint density at radius 2 is 1.32 bits per heavy atom. The molecule has 3 rings (SSSR count). The molecule has 5 heteroatoms. The second-order valence-corrected chi connectivity index (χ2v) is 10.0. The number of phenols is 1. The average molecular weight is 519 g/mol. The van der Waals surface area contributed by atoms with E-state index in [1.54, 1.807) is 12.1 Å². The Bertz CT molecular complexity index is 1110. The predicted octanol–water partition coefficient (Wildman–Crippen LogP) is 7.98. The van der Waals surface area contributed by atoms with Gasteiger partial charge in [0, 0.05) is 6.61 Å². The lowest BCUT2D eigenvalue weighted by Gasteiger charge is -2.27. The summed E-state index contributed by atoms with van der Waals surface area (Å²) in [5.74, 6) is 2.83. The van der Waals surface area contributed by atoms with Crippen LogP contribution in [0.4, 0.5) is 0 Å². The maximum atomic E-state index is 11.3. The highest BCUT2D eigenvalue weighted by Gasteiger charge is 2.22. The number of hydrogen-bond donors (Lipinski definition) is 1. The fourth-order valence-electron chi connectivity index (χ4n) is 4.92. The third-order valence-electron chi connectivity index (χ3n) is 7.01. The Hall–Kier alpha value is -3.31. The molecule has 0 radical (unpaired) electrons. The summed E-state index contributed by atoms with van der Waals surface area (Å²) in [6.07, 6.45) is 2.73. The van der Waals surface area contributed by atoms with Crippen molar-refractivity contribution < 1.29 is 24.1 Å². The van der Waals surface area contributed by atoms with Crippen LogP contribution in [0.25, 0.3) is 0 Å². The molecule has 0 aliphatic heterocycles. The zero-order valence-corrected chi connectivity index (χ0v) is 23.4. The molecule has 0 bridgehead atoms. The minimum atomic E-state index is -0.277. The summed E-state index contributed by atoms with van der Waals surface area (Å²) in [5, 5.41) is 9.72. The maximum absolute atomic E-state index is 11.3. The Balaban J connectivity index is 1.80. The molecule has 3 aromatic rings. The standard InChI is InChI=1S/C33H42O5/c1-6-26(28-12-18-33(19-13-28)38-25(5)36-7-2)21-30(20-23(3)27-8-14-31(35)15-9-27)29-10-16-32(17-11-29)37-22-24(4)34/h8-19,23,25-26,30,35H,6-7,20-22H2,1-5H3. The fraction of sp³-hybridized carbons (Fsp3) is 0.424. The number of carbonyl (C=O) groups excluding carboxylic acids is 1. The normalized spacial score (nSPS) is 14.3. The molecule has 5 nitrogen and oxygen atoms in total. The van der Waals surface area contributed by atoms with Crippen molar-refractivity contribution in [3.05, 3.63) is 89.5 Å². The summed E-state index contributed by atoms with van der Waals surface area (Å²) < 4.78 is 17.0. The van der Waals surface area contributed by atoms with E-state index in [-0.39, 0.29) is 24.4 Å². The number of aromatic hydroxyl groups is 1. The lowest BCUT2D eigenvalue weighted by molar-refractivity contribution is -0.118. The van der Waals surface area contributed by atoms with Crippen molar-refractivity contribution in [2.75, 3.05) is 13.2 Å². The van der Waals surface area contributed by atoms with Crippen molar-refractivity contribution in [2.24, 2.45) is 0 Å². The van der Waals surface area contributed by atoms with Crippen molar-refractivity contribution in [3.63, 3.8) is 0 Å². The number of hydrogen-bond acceptors (Lipinski definition) is 5. The zero-order valence-electron chi connectivity index (χ0n) is 23.4. The van der Waals surface area contributed by atoms with Crippen LogP contribution >= 0.6 is 0 Å². The van der Waals surface area contributed by atoms with Gasteiger partial charge in [0.15, 0.2) is 12.1 Å². The summed E-state index contributed by atoms with van der Waals surface area (Å²) in [6.45, 7) is 10.6. The third kappa shape index (κ3) is 8.91. The smallest absolute Gasteiger partial charge is 0.196 e. The number of carbonyl (C=O) groups is 1. The fourth-order valence-corrected chi connectivity index (χ4v) is 4.92. The molecule has 1 N–H and O–H groups in total. The number of ether oxygens (including phenoxy) is 3. The Morgan fingerprint density at radius 3 is 1.87 bits per heavy atom. The van der Waals surface area contributed by atoms with E-state index in [9.17, 15) is 9.90 Å². The summed E-state index contributed by atoms with van der Waals surface area (Å²) in [5.41, 5.74) is 3.77. The molecule has 0 spiro atoms. The summed E-state index contributed by atoms with van der Waals surface area (Å²) in [4.78, 5) is 11.3. The van der Waals surface area contributed by atoms with E-state index >= 15 is 0 Å². The van der Waals surface area contributed by atoms with Crippen molar-refractivity contribution in [1.29, 1.82) is 0 Å². The predicted molar refractivity (Wildman–Crippen MR) is 152 cm³/mol. The lowest BCUT2D eigenvalue weighted by Crippen LogP contribution is -2.16. The van der Waals surface area contributed by atoms with Gasteiger partial charge in [0.25, 0.3) is 0 Å². The van der Waals surface area contributed by atoms with Crippen LogP contribution in [0.3, 0.4) is 0 Å². The van der Waals surface area contributed by atoms with Crippen molar-refractivity contribution in [1.82, 2.24) is 0 Å². The van der Waals surface area contributed by atoms with E-state index in [2.05, 4.69) is 38.1 Å². The van der Waals surface area contributed by atoms with Gasteiger partial charge in [-0.25, -0.2) is 0 Å². The molecule has 0 aliphatic rings. The van der Waals surface area contributed by atoms with Crippen LogP contribution < -0.4 is 9.47 Å². The van der Waals surface area contributed by atoms with Crippen LogP contribution in [0.5, 0.6) is 17.2 Å². The van der Waals surface area contributed by atoms with Gasteiger partial charge >= 0.3 is 0 Å². The van der Waals surface area contributed by atoms with E-state index in [0.717, 1.165) is 25.0 Å². The second-order valence-electron chi connectivity index (χ2n) is 10.0. The van der Waals surface area contributed by atoms with E-state index in [4.69, 9.17) is 14.2 Å². The molecular weight excluding hydrogens is 476 g/mol. The molecule has 0 amide bonds. The first-order chi connectivity index (χ1) is 18.3. The molecule has 4 atom stereocenters. The minimum Gasteiger partial charge on any atom is -0.508 e. The van der Waals surface area contributed by atoms with Gasteiger partial charge in [0.2, 0.25) is 0 Å². The Kier molecular flexibility index (Phi) is 11.2. The van der Waals surface area contributed by atoms with E-state index in [1.807, 2.05) is 50.2 Å². The molecular formula is C33H42O5. The summed E-state index contributed by atoms with van der Waals surface area (Å²) in [6, 6.07) is 24.1. The summed E-state index contributed by atoms with van der Waals surface area (Å²) in [7, 11) is 0. The number of benzene rings is 3. The Labute approximate surface area is 227 Å². The highest BCUT2D eigenvalue weighted by atomic mass is 16.7. The lowest BCUT2D eigenvalue weighted by atomic mass is 9.78. The minimum absolute atomic E-state index is 0.00392. The van der Waals surface area contributed by atoms with Gasteiger partial charge < -0.3 is 19.3 Å². The number of ketones is 1. The SMILES string of the molecule is CCOC(C)Oc1ccc(C(CC)CC(CC(C)c2ccc(O)cc2)c2ccc(OCC(C)=O)cc2)cc1. The van der Waals surface area contributed by atoms with Crippen molar-refractivity contribution in [2.45, 2.75) is 77.9 Å². The van der Waals surface area contributed by atoms with Crippen molar-refractivity contribution in [3.8, 4) is 17.2 Å². The molecule has 0 fully saturated rings. The van der Waals surface area contributed by atoms with E-state index in [1.165, 1.54) is 23.6 Å². The van der Waals surface area contributed by atoms with Gasteiger partial charge in [-0.05, 0) is 111 Å². The highest BCUT2D eigenvalue weighted by Crippen LogP contribution is 2.39. The molecule has 3 aromatic carbocycles. The first-order valence-electron chi connectivity index (χ1n) is 13.7. The van der Waals surface area contributed by atoms with Crippen LogP contribution in [0, 0.1) is 0 Å². The van der Waals surface area contributed by atoms with Gasteiger partial charge in [0.05, 0.1) is 0 Å². The Morgan fingerprint density at radius 1 is 0.763 bits per heavy atom. The van der Waals surface area contributed by atoms with E-state index in [0.29, 0.717) is 30.1 Å². The van der Waals surface area contributed by atoms with Crippen LogP contribution in [0.15, 0.2) is 72.8 Å². The average Bonchev–Trinajstić information content (AvgIpc) is 2.91. The van der Waals surface area contributed by atoms with Gasteiger partial charge in [-0.3, -0.25) is 4.79 Å². The van der Waals surface area contributed by atoms with Crippen LogP contribution in [-0.2, 0) is 9.53 Å². The maximum Gasteiger partial charge on any atom is 0.196 e. The molecule has 204 valence electrons. The topological polar surface area (TPSA) is 65.0 Å². The molecule has 38 heavy (non-hydrogen) atoms. The van der Waals surface area contributed by atoms with Crippen LogP contribution in [0.2, 0.25) is 0 Å². The van der Waals surface area contributed by atoms with Crippen LogP contribution in [-0.4, -0.2) is 30.4 Å². The van der Waals surface area contributed by atoms with Crippen LogP contribution in [0.1, 0.15) is 88.3 Å². The number of rotatable bonds is 15. The molecule has 0 aromatic heterocycles. The van der Waals surface area contributed by atoms with Gasteiger partial charge in [-0.15, -0.1) is 0 Å². The molecule has 0 heterocycles. The zero-order chi connectivity index (χ0) is 27.5. The molecule has 0 saturated carbocycles. The third-order valence-corrected chi connectivity index (χ3v) is 7.01. The van der Waals surface area contributed by atoms with E-state index < -0.39 is 0 Å². The highest BCUT2D eigenvalue weighted by molar-refractivity contribution is 5.77. The number of phenolic OH excluding ortho intramolecular Hbond substituents is 1. The first kappa shape index (κ1) is 29.2. The van der Waals surface area contributed by atoms with Gasteiger partial charge in [-0.2, -0.15) is 0 Å². The van der Waals surface area contributed by atoms with Gasteiger partial charge in [0.1, 0.15) is 23.9 Å². The second kappa shape index (κ2) is 14.6. The first-order valence-corrected chi connectivity index (χ1v) is 13.7. The largest absolute Gasteiger partial charge is 0.508 e.